The van der Waals surface area contributed by atoms with Gasteiger partial charge in [-0.1, -0.05) is 27.2 Å². The minimum atomic E-state index is -0.207. The van der Waals surface area contributed by atoms with Gasteiger partial charge in [0.25, 0.3) is 5.91 Å². The summed E-state index contributed by atoms with van der Waals surface area (Å²) in [5, 5.41) is 11.0. The van der Waals surface area contributed by atoms with Crippen molar-refractivity contribution in [2.45, 2.75) is 26.8 Å². The van der Waals surface area contributed by atoms with Gasteiger partial charge in [-0.15, -0.1) is 5.10 Å². The van der Waals surface area contributed by atoms with Gasteiger partial charge in [0.05, 0.1) is 11.4 Å². The zero-order valence-corrected chi connectivity index (χ0v) is 15.7. The molecule has 0 aliphatic heterocycles. The third-order valence-electron chi connectivity index (χ3n) is 3.95. The molecule has 0 atom stereocenters. The Hall–Kier alpha value is -2.48. The van der Waals surface area contributed by atoms with E-state index in [2.05, 4.69) is 41.1 Å². The largest absolute Gasteiger partial charge is 0.351 e. The van der Waals surface area contributed by atoms with E-state index in [0.29, 0.717) is 17.9 Å². The summed E-state index contributed by atoms with van der Waals surface area (Å²) < 4.78 is 4.66. The van der Waals surface area contributed by atoms with E-state index in [1.54, 1.807) is 10.9 Å². The quantitative estimate of drug-likeness (QED) is 0.642. The van der Waals surface area contributed by atoms with E-state index < -0.39 is 0 Å². The van der Waals surface area contributed by atoms with Crippen molar-refractivity contribution in [3.63, 3.8) is 0 Å². The SMILES string of the molecule is Cc1nccn1CCCNC(=O)c1nnn(-c2cccc(Br)c2)c1C. The fraction of sp³-hybridized carbons (Fsp3) is 0.294. The molecule has 2 aromatic heterocycles. The third kappa shape index (κ3) is 3.96. The summed E-state index contributed by atoms with van der Waals surface area (Å²) in [6.07, 6.45) is 4.53. The molecule has 0 aliphatic carbocycles. The van der Waals surface area contributed by atoms with E-state index in [-0.39, 0.29) is 5.91 Å². The third-order valence-corrected chi connectivity index (χ3v) is 4.44. The number of aromatic nitrogens is 5. The molecule has 0 spiro atoms. The molecule has 2 heterocycles. The number of rotatable bonds is 6. The van der Waals surface area contributed by atoms with Crippen LogP contribution in [-0.4, -0.2) is 37.0 Å². The minimum absolute atomic E-state index is 0.207. The van der Waals surface area contributed by atoms with E-state index in [4.69, 9.17) is 0 Å². The maximum atomic E-state index is 12.4. The zero-order chi connectivity index (χ0) is 17.8. The van der Waals surface area contributed by atoms with Gasteiger partial charge in [0.1, 0.15) is 5.82 Å². The van der Waals surface area contributed by atoms with Crippen molar-refractivity contribution in [1.82, 2.24) is 29.9 Å². The van der Waals surface area contributed by atoms with Crippen molar-refractivity contribution < 1.29 is 4.79 Å². The van der Waals surface area contributed by atoms with Gasteiger partial charge in [-0.2, -0.15) is 0 Å². The van der Waals surface area contributed by atoms with Gasteiger partial charge in [0, 0.05) is 30.0 Å². The summed E-state index contributed by atoms with van der Waals surface area (Å²) in [6.45, 7) is 5.18. The first kappa shape index (κ1) is 17.3. The van der Waals surface area contributed by atoms with Crippen molar-refractivity contribution in [2.24, 2.45) is 0 Å². The fourth-order valence-corrected chi connectivity index (χ4v) is 2.95. The van der Waals surface area contributed by atoms with Crippen LogP contribution in [0.1, 0.15) is 28.4 Å². The average molecular weight is 403 g/mol. The van der Waals surface area contributed by atoms with Crippen molar-refractivity contribution in [2.75, 3.05) is 6.54 Å². The lowest BCUT2D eigenvalue weighted by atomic mass is 10.3. The van der Waals surface area contributed by atoms with Gasteiger partial charge in [0.2, 0.25) is 0 Å². The highest BCUT2D eigenvalue weighted by Crippen LogP contribution is 2.17. The molecule has 3 aromatic rings. The molecule has 3 rings (SSSR count). The Morgan fingerprint density at radius 1 is 1.32 bits per heavy atom. The van der Waals surface area contributed by atoms with E-state index in [0.717, 1.165) is 29.0 Å². The molecule has 25 heavy (non-hydrogen) atoms. The van der Waals surface area contributed by atoms with Crippen LogP contribution in [0, 0.1) is 13.8 Å². The molecular formula is C17H19BrN6O. The number of amides is 1. The van der Waals surface area contributed by atoms with Gasteiger partial charge in [-0.3, -0.25) is 4.79 Å². The molecule has 0 saturated heterocycles. The molecule has 130 valence electrons. The fourth-order valence-electron chi connectivity index (χ4n) is 2.57. The van der Waals surface area contributed by atoms with Gasteiger partial charge in [0.15, 0.2) is 5.69 Å². The Morgan fingerprint density at radius 2 is 2.16 bits per heavy atom. The number of nitrogens with one attached hydrogen (secondary N) is 1. The number of carbonyl (C=O) groups excluding carboxylic acids is 1. The lowest BCUT2D eigenvalue weighted by Crippen LogP contribution is -2.26. The van der Waals surface area contributed by atoms with Crippen LogP contribution in [0.4, 0.5) is 0 Å². The Bertz CT molecular complexity index is 885. The van der Waals surface area contributed by atoms with E-state index in [1.165, 1.54) is 0 Å². The van der Waals surface area contributed by atoms with E-state index in [1.807, 2.05) is 44.3 Å². The molecule has 7 nitrogen and oxygen atoms in total. The van der Waals surface area contributed by atoms with Crippen LogP contribution < -0.4 is 5.32 Å². The number of halogens is 1. The monoisotopic (exact) mass is 402 g/mol. The molecule has 8 heteroatoms. The number of nitrogens with zero attached hydrogens (tertiary/aromatic N) is 5. The average Bonchev–Trinajstić information content (AvgIpc) is 3.17. The minimum Gasteiger partial charge on any atom is -0.351 e. The molecule has 1 amide bonds. The Morgan fingerprint density at radius 3 is 2.88 bits per heavy atom. The second-order valence-electron chi connectivity index (χ2n) is 5.69. The van der Waals surface area contributed by atoms with Crippen LogP contribution in [-0.2, 0) is 6.54 Å². The number of imidazole rings is 1. The van der Waals surface area contributed by atoms with Crippen molar-refractivity contribution in [1.29, 1.82) is 0 Å². The first-order valence-corrected chi connectivity index (χ1v) is 8.80. The van der Waals surface area contributed by atoms with Crippen LogP contribution in [0.15, 0.2) is 41.1 Å². The molecule has 0 saturated carbocycles. The van der Waals surface area contributed by atoms with Crippen LogP contribution >= 0.6 is 15.9 Å². The Kier molecular flexibility index (Phi) is 5.28. The number of carbonyl (C=O) groups is 1. The van der Waals surface area contributed by atoms with E-state index in [9.17, 15) is 4.79 Å². The maximum absolute atomic E-state index is 12.4. The molecule has 0 fully saturated rings. The maximum Gasteiger partial charge on any atom is 0.273 e. The van der Waals surface area contributed by atoms with Gasteiger partial charge >= 0.3 is 0 Å². The zero-order valence-electron chi connectivity index (χ0n) is 14.1. The number of benzene rings is 1. The highest BCUT2D eigenvalue weighted by atomic mass is 79.9. The molecule has 1 aromatic carbocycles. The first-order valence-electron chi connectivity index (χ1n) is 8.00. The highest BCUT2D eigenvalue weighted by Gasteiger charge is 2.17. The summed E-state index contributed by atoms with van der Waals surface area (Å²) in [5.74, 6) is 0.764. The smallest absolute Gasteiger partial charge is 0.273 e. The summed E-state index contributed by atoms with van der Waals surface area (Å²) >= 11 is 3.44. The summed E-state index contributed by atoms with van der Waals surface area (Å²) in [7, 11) is 0. The van der Waals surface area contributed by atoms with Crippen molar-refractivity contribution >= 4 is 21.8 Å². The lowest BCUT2D eigenvalue weighted by molar-refractivity contribution is 0.0947. The van der Waals surface area contributed by atoms with Crippen LogP contribution in [0.3, 0.4) is 0 Å². The standard InChI is InChI=1S/C17H19BrN6O/c1-12-16(21-22-24(12)15-6-3-5-14(18)11-15)17(25)20-7-4-9-23-10-8-19-13(23)2/h3,5-6,8,10-11H,4,7,9H2,1-2H3,(H,20,25). The molecule has 0 bridgehead atoms. The molecule has 0 unspecified atom stereocenters. The first-order chi connectivity index (χ1) is 12.1. The lowest BCUT2D eigenvalue weighted by Gasteiger charge is -2.07. The molecular weight excluding hydrogens is 384 g/mol. The van der Waals surface area contributed by atoms with Crippen molar-refractivity contribution in [3.8, 4) is 5.69 Å². The predicted molar refractivity (Wildman–Crippen MR) is 97.7 cm³/mol. The topological polar surface area (TPSA) is 77.6 Å². The molecule has 1 N–H and O–H groups in total. The predicted octanol–water partition coefficient (Wildman–Crippen LogP) is 2.66. The second-order valence-corrected chi connectivity index (χ2v) is 6.61. The van der Waals surface area contributed by atoms with Crippen LogP contribution in [0.2, 0.25) is 0 Å². The molecule has 0 radical (unpaired) electrons. The second kappa shape index (κ2) is 7.60. The summed E-state index contributed by atoms with van der Waals surface area (Å²) in [5.41, 5.74) is 1.91. The summed E-state index contributed by atoms with van der Waals surface area (Å²) in [6, 6.07) is 7.70. The Labute approximate surface area is 154 Å². The van der Waals surface area contributed by atoms with Crippen LogP contribution in [0.5, 0.6) is 0 Å². The van der Waals surface area contributed by atoms with E-state index >= 15 is 0 Å². The van der Waals surface area contributed by atoms with Gasteiger partial charge in [-0.25, -0.2) is 9.67 Å². The van der Waals surface area contributed by atoms with Crippen molar-refractivity contribution in [3.05, 3.63) is 58.3 Å². The normalized spacial score (nSPS) is 10.8. The van der Waals surface area contributed by atoms with Crippen LogP contribution in [0.25, 0.3) is 5.69 Å². The summed E-state index contributed by atoms with van der Waals surface area (Å²) in [4.78, 5) is 16.5. The number of hydrogen-bond donors (Lipinski definition) is 1. The van der Waals surface area contributed by atoms with Gasteiger partial charge < -0.3 is 9.88 Å². The number of hydrogen-bond acceptors (Lipinski definition) is 4. The molecule has 0 aliphatic rings. The highest BCUT2D eigenvalue weighted by molar-refractivity contribution is 9.10. The van der Waals surface area contributed by atoms with Gasteiger partial charge in [-0.05, 0) is 38.5 Å². The Balaban J connectivity index is 1.60. The number of aryl methyl sites for hydroxylation is 2.